The predicted octanol–water partition coefficient (Wildman–Crippen LogP) is 2.83. The summed E-state index contributed by atoms with van der Waals surface area (Å²) >= 11 is 0. The summed E-state index contributed by atoms with van der Waals surface area (Å²) in [6, 6.07) is 10.3. The predicted molar refractivity (Wildman–Crippen MR) is 137 cm³/mol. The molecule has 1 unspecified atom stereocenters. The number of anilines is 2. The molecule has 35 heavy (non-hydrogen) atoms. The zero-order valence-corrected chi connectivity index (χ0v) is 21.7. The van der Waals surface area contributed by atoms with Crippen molar-refractivity contribution in [1.29, 1.82) is 5.26 Å². The van der Waals surface area contributed by atoms with Crippen LogP contribution in [0.4, 0.5) is 11.5 Å². The van der Waals surface area contributed by atoms with E-state index < -0.39 is 16.1 Å². The zero-order valence-electron chi connectivity index (χ0n) is 20.9. The van der Waals surface area contributed by atoms with Gasteiger partial charge in [0.05, 0.1) is 16.5 Å². The Bertz CT molecular complexity index is 1190. The number of sulfonamides is 1. The number of rotatable bonds is 8. The summed E-state index contributed by atoms with van der Waals surface area (Å²) < 4.78 is 27.5. The van der Waals surface area contributed by atoms with Crippen LogP contribution in [0.25, 0.3) is 0 Å². The number of aromatic nitrogens is 1. The number of hydrogen-bond donors (Lipinski definition) is 1. The molecule has 2 heterocycles. The molecule has 2 aromatic rings. The lowest BCUT2D eigenvalue weighted by atomic mass is 10.2. The normalized spacial score (nSPS) is 15.9. The number of hydrogen-bond acceptors (Lipinski definition) is 7. The molecule has 1 aromatic carbocycles. The molecule has 1 aromatic heterocycles. The van der Waals surface area contributed by atoms with Crippen molar-refractivity contribution < 1.29 is 13.2 Å². The van der Waals surface area contributed by atoms with Crippen molar-refractivity contribution in [2.75, 3.05) is 49.5 Å². The molecule has 1 aliphatic rings. The van der Waals surface area contributed by atoms with Gasteiger partial charge in [0.25, 0.3) is 0 Å². The largest absolute Gasteiger partial charge is 0.354 e. The Kier molecular flexibility index (Phi) is 8.83. The first-order valence-corrected chi connectivity index (χ1v) is 13.4. The van der Waals surface area contributed by atoms with E-state index in [9.17, 15) is 18.5 Å². The van der Waals surface area contributed by atoms with Crippen molar-refractivity contribution in [3.8, 4) is 6.07 Å². The van der Waals surface area contributed by atoms with Gasteiger partial charge in [-0.05, 0) is 50.1 Å². The molecule has 10 heteroatoms. The molecule has 1 atom stereocenters. The molecule has 188 valence electrons. The van der Waals surface area contributed by atoms with Crippen LogP contribution in [0.1, 0.15) is 38.3 Å². The van der Waals surface area contributed by atoms with Gasteiger partial charge in [-0.1, -0.05) is 19.9 Å². The standard InChI is InChI=1S/C25H34N6O3S/c1-5-31(6-2)35(33,34)23-17-22(11-10-19(23)3)28-25(32)20(4)29-13-8-14-30(16-15-29)24-21(18-26)9-7-12-27-24/h7,9-12,17,20H,5-6,8,13-16H2,1-4H3,(H,28,32). The van der Waals surface area contributed by atoms with E-state index in [1.54, 1.807) is 57.3 Å². The highest BCUT2D eigenvalue weighted by Gasteiger charge is 2.27. The quantitative estimate of drug-likeness (QED) is 0.596. The summed E-state index contributed by atoms with van der Waals surface area (Å²) in [7, 11) is -3.64. The lowest BCUT2D eigenvalue weighted by Crippen LogP contribution is -2.44. The highest BCUT2D eigenvalue weighted by Crippen LogP contribution is 2.24. The molecule has 1 amide bonds. The third-order valence-electron chi connectivity index (χ3n) is 6.44. The van der Waals surface area contributed by atoms with Gasteiger partial charge >= 0.3 is 0 Å². The maximum absolute atomic E-state index is 13.1. The Hall–Kier alpha value is -3.00. The van der Waals surface area contributed by atoms with Gasteiger partial charge in [0.2, 0.25) is 15.9 Å². The molecule has 0 aliphatic carbocycles. The van der Waals surface area contributed by atoms with Crippen molar-refractivity contribution in [3.63, 3.8) is 0 Å². The second-order valence-corrected chi connectivity index (χ2v) is 10.5. The Morgan fingerprint density at radius 3 is 2.63 bits per heavy atom. The summed E-state index contributed by atoms with van der Waals surface area (Å²) in [5.74, 6) is 0.486. The minimum absolute atomic E-state index is 0.191. The lowest BCUT2D eigenvalue weighted by Gasteiger charge is -2.27. The number of aryl methyl sites for hydroxylation is 1. The monoisotopic (exact) mass is 498 g/mol. The lowest BCUT2D eigenvalue weighted by molar-refractivity contribution is -0.120. The van der Waals surface area contributed by atoms with Crippen molar-refractivity contribution in [3.05, 3.63) is 47.7 Å². The Morgan fingerprint density at radius 1 is 1.20 bits per heavy atom. The van der Waals surface area contributed by atoms with Gasteiger partial charge < -0.3 is 10.2 Å². The van der Waals surface area contributed by atoms with Gasteiger partial charge in [0.1, 0.15) is 11.9 Å². The van der Waals surface area contributed by atoms with Crippen LogP contribution < -0.4 is 10.2 Å². The zero-order chi connectivity index (χ0) is 25.6. The Labute approximate surface area is 208 Å². The van der Waals surface area contributed by atoms with Crippen molar-refractivity contribution in [2.45, 2.75) is 45.1 Å². The Morgan fingerprint density at radius 2 is 1.94 bits per heavy atom. The maximum Gasteiger partial charge on any atom is 0.243 e. The van der Waals surface area contributed by atoms with E-state index >= 15 is 0 Å². The van der Waals surface area contributed by atoms with Crippen LogP contribution in [0.15, 0.2) is 41.4 Å². The third kappa shape index (κ3) is 5.99. The average molecular weight is 499 g/mol. The van der Waals surface area contributed by atoms with Crippen molar-refractivity contribution in [1.82, 2.24) is 14.2 Å². The number of nitriles is 1. The number of carbonyl (C=O) groups excluding carboxylic acids is 1. The fourth-order valence-corrected chi connectivity index (χ4v) is 6.05. The molecule has 3 rings (SSSR count). The topological polar surface area (TPSA) is 110 Å². The summed E-state index contributed by atoms with van der Waals surface area (Å²) in [6.07, 6.45) is 2.51. The van der Waals surface area contributed by atoms with Crippen LogP contribution >= 0.6 is 0 Å². The van der Waals surface area contributed by atoms with E-state index in [0.29, 0.717) is 48.8 Å². The van der Waals surface area contributed by atoms with E-state index in [1.807, 2.05) is 6.92 Å². The summed E-state index contributed by atoms with van der Waals surface area (Å²) in [5, 5.41) is 12.3. The van der Waals surface area contributed by atoms with E-state index in [1.165, 1.54) is 4.31 Å². The summed E-state index contributed by atoms with van der Waals surface area (Å²) in [4.78, 5) is 21.9. The fourth-order valence-electron chi connectivity index (χ4n) is 4.34. The highest BCUT2D eigenvalue weighted by molar-refractivity contribution is 7.89. The van der Waals surface area contributed by atoms with Crippen LogP contribution in [0, 0.1) is 18.3 Å². The number of nitrogens with one attached hydrogen (secondary N) is 1. The molecule has 9 nitrogen and oxygen atoms in total. The van der Waals surface area contributed by atoms with Gasteiger partial charge in [-0.3, -0.25) is 9.69 Å². The SMILES string of the molecule is CCN(CC)S(=O)(=O)c1cc(NC(=O)C(C)N2CCCN(c3ncccc3C#N)CC2)ccc1C. The van der Waals surface area contributed by atoms with Gasteiger partial charge in [-0.15, -0.1) is 0 Å². The van der Waals surface area contributed by atoms with Crippen LogP contribution in [-0.4, -0.2) is 73.8 Å². The van der Waals surface area contributed by atoms with Crippen LogP contribution in [0.3, 0.4) is 0 Å². The minimum atomic E-state index is -3.64. The first-order chi connectivity index (χ1) is 16.7. The fraction of sp³-hybridized carbons (Fsp3) is 0.480. The van der Waals surface area contributed by atoms with Crippen molar-refractivity contribution in [2.24, 2.45) is 0 Å². The average Bonchev–Trinajstić information content (AvgIpc) is 3.11. The number of benzene rings is 1. The summed E-state index contributed by atoms with van der Waals surface area (Å²) in [5.41, 5.74) is 1.64. The molecule has 1 fully saturated rings. The molecule has 0 bridgehead atoms. The first kappa shape index (κ1) is 26.6. The van der Waals surface area contributed by atoms with E-state index in [0.717, 1.165) is 19.5 Å². The molecule has 1 aliphatic heterocycles. The number of pyridine rings is 1. The van der Waals surface area contributed by atoms with Crippen LogP contribution in [-0.2, 0) is 14.8 Å². The van der Waals surface area contributed by atoms with Gasteiger partial charge in [0, 0.05) is 51.2 Å². The Balaban J connectivity index is 1.70. The maximum atomic E-state index is 13.1. The number of carbonyl (C=O) groups is 1. The van der Waals surface area contributed by atoms with Gasteiger partial charge in [0.15, 0.2) is 0 Å². The third-order valence-corrected chi connectivity index (χ3v) is 8.64. The molecule has 0 spiro atoms. The molecular formula is C25H34N6O3S. The molecule has 1 saturated heterocycles. The smallest absolute Gasteiger partial charge is 0.243 e. The second kappa shape index (κ2) is 11.6. The number of nitrogens with zero attached hydrogens (tertiary/aromatic N) is 5. The van der Waals surface area contributed by atoms with E-state index in [2.05, 4.69) is 26.2 Å². The number of amides is 1. The minimum Gasteiger partial charge on any atom is -0.354 e. The molecule has 0 saturated carbocycles. The van der Waals surface area contributed by atoms with Crippen LogP contribution in [0.2, 0.25) is 0 Å². The van der Waals surface area contributed by atoms with E-state index in [4.69, 9.17) is 0 Å². The van der Waals surface area contributed by atoms with Crippen molar-refractivity contribution >= 4 is 27.4 Å². The van der Waals surface area contributed by atoms with Crippen LogP contribution in [0.5, 0.6) is 0 Å². The first-order valence-electron chi connectivity index (χ1n) is 12.0. The van der Waals surface area contributed by atoms with E-state index in [-0.39, 0.29) is 10.8 Å². The van der Waals surface area contributed by atoms with Gasteiger partial charge in [-0.2, -0.15) is 9.57 Å². The highest BCUT2D eigenvalue weighted by atomic mass is 32.2. The molecular weight excluding hydrogens is 464 g/mol. The molecule has 1 N–H and O–H groups in total. The summed E-state index contributed by atoms with van der Waals surface area (Å²) in [6.45, 7) is 10.8. The molecule has 0 radical (unpaired) electrons. The van der Waals surface area contributed by atoms with Gasteiger partial charge in [-0.25, -0.2) is 13.4 Å². The second-order valence-electron chi connectivity index (χ2n) is 8.60.